The van der Waals surface area contributed by atoms with Crippen LogP contribution in [-0.4, -0.2) is 59.3 Å². The summed E-state index contributed by atoms with van der Waals surface area (Å²) in [5.74, 6) is 0.543. The molecule has 44 heavy (non-hydrogen) atoms. The van der Waals surface area contributed by atoms with Crippen LogP contribution in [0.25, 0.3) is 0 Å². The summed E-state index contributed by atoms with van der Waals surface area (Å²) < 4.78 is 47.7. The Morgan fingerprint density at radius 3 is 2.52 bits per heavy atom. The first-order valence-electron chi connectivity index (χ1n) is 14.9. The molecule has 0 spiro atoms. The summed E-state index contributed by atoms with van der Waals surface area (Å²) in [6, 6.07) is 9.60. The maximum Gasteiger partial charge on any atom is 0.393 e. The zero-order chi connectivity index (χ0) is 32.5. The number of ether oxygens (including phenoxy) is 4. The maximum absolute atomic E-state index is 13.7. The average molecular weight is 648 g/mol. The standard InChI is InChI=1S/C32H46NO9PSi/c1-9-38-31(34)24(4)41-43(36,42-25-13-11-10-12-14-25)21-33-19-22(2)15-16-26-29(37-5)23(3)27-20-40-32(35)28(27)30(26)39-17-18-44(6,7)8/h10-15,24,33H,9,16-21H2,1-8H3/t24-,43?/m0/s1. The minimum Gasteiger partial charge on any atom is -0.496 e. The topological polar surface area (TPSA) is 119 Å². The van der Waals surface area contributed by atoms with Crippen molar-refractivity contribution in [1.29, 1.82) is 0 Å². The van der Waals surface area contributed by atoms with Gasteiger partial charge < -0.3 is 28.8 Å². The molecule has 0 saturated carbocycles. The van der Waals surface area contributed by atoms with Crippen LogP contribution in [0.1, 0.15) is 47.8 Å². The van der Waals surface area contributed by atoms with Crippen molar-refractivity contribution in [2.75, 3.05) is 33.2 Å². The first-order chi connectivity index (χ1) is 20.8. The highest BCUT2D eigenvalue weighted by molar-refractivity contribution is 7.54. The van der Waals surface area contributed by atoms with Gasteiger partial charge >= 0.3 is 19.5 Å². The highest BCUT2D eigenvalue weighted by atomic mass is 31.2. The number of benzene rings is 2. The van der Waals surface area contributed by atoms with E-state index in [1.54, 1.807) is 38.3 Å². The summed E-state index contributed by atoms with van der Waals surface area (Å²) >= 11 is 0. The average Bonchev–Trinajstić information content (AvgIpc) is 3.34. The zero-order valence-corrected chi connectivity index (χ0v) is 29.0. The van der Waals surface area contributed by atoms with Crippen LogP contribution in [0.5, 0.6) is 17.2 Å². The molecule has 242 valence electrons. The van der Waals surface area contributed by atoms with Crippen LogP contribution >= 0.6 is 7.60 Å². The fourth-order valence-electron chi connectivity index (χ4n) is 4.64. The second kappa shape index (κ2) is 15.7. The number of methoxy groups -OCH3 is 1. The van der Waals surface area contributed by atoms with Crippen LogP contribution in [0.3, 0.4) is 0 Å². The third-order valence-electron chi connectivity index (χ3n) is 7.01. The molecule has 1 aliphatic heterocycles. The van der Waals surface area contributed by atoms with Crippen molar-refractivity contribution in [3.8, 4) is 17.2 Å². The molecule has 10 nitrogen and oxygen atoms in total. The molecule has 0 radical (unpaired) electrons. The van der Waals surface area contributed by atoms with E-state index in [0.717, 1.165) is 28.3 Å². The van der Waals surface area contributed by atoms with Crippen molar-refractivity contribution >= 4 is 27.6 Å². The minimum absolute atomic E-state index is 0.144. The minimum atomic E-state index is -3.81. The number of carbonyl (C=O) groups is 2. The van der Waals surface area contributed by atoms with E-state index >= 15 is 0 Å². The van der Waals surface area contributed by atoms with Crippen LogP contribution in [0.15, 0.2) is 42.0 Å². The van der Waals surface area contributed by atoms with Crippen LogP contribution in [0, 0.1) is 6.92 Å². The lowest BCUT2D eigenvalue weighted by Crippen LogP contribution is -2.27. The van der Waals surface area contributed by atoms with Crippen molar-refractivity contribution in [2.45, 2.75) is 72.5 Å². The highest BCUT2D eigenvalue weighted by Crippen LogP contribution is 2.48. The third kappa shape index (κ3) is 9.69. The Bertz CT molecular complexity index is 1390. The fourth-order valence-corrected chi connectivity index (χ4v) is 6.94. The summed E-state index contributed by atoms with van der Waals surface area (Å²) in [7, 11) is -3.57. The van der Waals surface area contributed by atoms with Crippen molar-refractivity contribution in [2.24, 2.45) is 0 Å². The van der Waals surface area contributed by atoms with Gasteiger partial charge in [-0.05, 0) is 57.9 Å². The number of allylic oxidation sites excluding steroid dienone is 1. The van der Waals surface area contributed by atoms with Crippen molar-refractivity contribution in [3.05, 3.63) is 64.2 Å². The van der Waals surface area contributed by atoms with E-state index in [1.807, 2.05) is 26.0 Å². The van der Waals surface area contributed by atoms with E-state index in [1.165, 1.54) is 6.92 Å². The van der Waals surface area contributed by atoms with E-state index in [4.69, 9.17) is 28.0 Å². The number of fused-ring (bicyclic) bond motifs is 1. The quantitative estimate of drug-likeness (QED) is 0.0863. The lowest BCUT2D eigenvalue weighted by molar-refractivity contribution is -0.150. The van der Waals surface area contributed by atoms with E-state index in [-0.39, 0.29) is 25.5 Å². The van der Waals surface area contributed by atoms with Crippen molar-refractivity contribution in [1.82, 2.24) is 5.32 Å². The third-order valence-corrected chi connectivity index (χ3v) is 10.5. The Morgan fingerprint density at radius 2 is 1.89 bits per heavy atom. The molecular weight excluding hydrogens is 601 g/mol. The molecule has 0 aromatic heterocycles. The van der Waals surface area contributed by atoms with Crippen LogP contribution in [-0.2, 0) is 36.4 Å². The summed E-state index contributed by atoms with van der Waals surface area (Å²) in [6.07, 6.45) is 1.22. The van der Waals surface area contributed by atoms with Gasteiger partial charge in [0, 0.05) is 25.7 Å². The van der Waals surface area contributed by atoms with Gasteiger partial charge in [0.1, 0.15) is 35.7 Å². The summed E-state index contributed by atoms with van der Waals surface area (Å²) in [5.41, 5.74) is 3.85. The number of hydrogen-bond donors (Lipinski definition) is 1. The molecule has 1 heterocycles. The first-order valence-corrected chi connectivity index (χ1v) is 20.3. The summed E-state index contributed by atoms with van der Waals surface area (Å²) in [5, 5.41) is 3.15. The molecule has 2 aromatic carbocycles. The monoisotopic (exact) mass is 647 g/mol. The number of esters is 2. The highest BCUT2D eigenvalue weighted by Gasteiger charge is 2.34. The van der Waals surface area contributed by atoms with Gasteiger partial charge in [0.15, 0.2) is 6.10 Å². The van der Waals surface area contributed by atoms with Gasteiger partial charge in [0.2, 0.25) is 0 Å². The molecule has 2 aromatic rings. The number of nitrogens with one attached hydrogen (secondary N) is 1. The summed E-state index contributed by atoms with van der Waals surface area (Å²) in [6.45, 7) is 15.1. The molecule has 1 N–H and O–H groups in total. The largest absolute Gasteiger partial charge is 0.496 e. The first kappa shape index (κ1) is 35.4. The van der Waals surface area contributed by atoms with E-state index < -0.39 is 27.7 Å². The predicted octanol–water partition coefficient (Wildman–Crippen LogP) is 6.67. The number of carbonyl (C=O) groups excluding carboxylic acids is 2. The van der Waals surface area contributed by atoms with E-state index in [2.05, 4.69) is 25.0 Å². The molecule has 12 heteroatoms. The van der Waals surface area contributed by atoms with Gasteiger partial charge in [0.05, 0.1) is 20.3 Å². The van der Waals surface area contributed by atoms with Gasteiger partial charge in [-0.1, -0.05) is 49.5 Å². The molecule has 0 bridgehead atoms. The Kier molecular flexibility index (Phi) is 12.7. The number of cyclic esters (lactones) is 1. The molecule has 0 fully saturated rings. The second-order valence-electron chi connectivity index (χ2n) is 11.9. The predicted molar refractivity (Wildman–Crippen MR) is 173 cm³/mol. The van der Waals surface area contributed by atoms with Crippen LogP contribution in [0.4, 0.5) is 0 Å². The molecular formula is C32H46NO9PSi. The normalized spacial score (nSPS) is 15.2. The van der Waals surface area contributed by atoms with E-state index in [0.29, 0.717) is 42.4 Å². The molecule has 1 unspecified atom stereocenters. The molecule has 0 amide bonds. The van der Waals surface area contributed by atoms with Gasteiger partial charge in [-0.25, -0.2) is 14.2 Å². The van der Waals surface area contributed by atoms with Crippen molar-refractivity contribution in [3.63, 3.8) is 0 Å². The molecule has 1 aliphatic rings. The lowest BCUT2D eigenvalue weighted by atomic mass is 9.95. The Labute approximate surface area is 261 Å². The fraction of sp³-hybridized carbons (Fsp3) is 0.500. The zero-order valence-electron chi connectivity index (χ0n) is 27.1. The van der Waals surface area contributed by atoms with Gasteiger partial charge in [-0.15, -0.1) is 0 Å². The Balaban J connectivity index is 1.79. The van der Waals surface area contributed by atoms with Gasteiger partial charge in [0.25, 0.3) is 0 Å². The van der Waals surface area contributed by atoms with Crippen LogP contribution in [0.2, 0.25) is 25.7 Å². The lowest BCUT2D eigenvalue weighted by Gasteiger charge is -2.23. The smallest absolute Gasteiger partial charge is 0.393 e. The number of hydrogen-bond acceptors (Lipinski definition) is 10. The van der Waals surface area contributed by atoms with Crippen molar-refractivity contribution < 1.29 is 42.1 Å². The summed E-state index contributed by atoms with van der Waals surface area (Å²) in [4.78, 5) is 25.0. The van der Waals surface area contributed by atoms with Crippen LogP contribution < -0.4 is 19.3 Å². The van der Waals surface area contributed by atoms with Gasteiger partial charge in [-0.3, -0.25) is 4.52 Å². The Hall–Kier alpha value is -3.11. The SMILES string of the molecule is CCOC(=O)[C@H](C)OP(=O)(CNCC(C)=CCc1c(OC)c(C)c2c(c1OCC[Si](C)(C)C)C(=O)OC2)Oc1ccccc1. The molecule has 0 saturated heterocycles. The Morgan fingerprint density at radius 1 is 1.18 bits per heavy atom. The van der Waals surface area contributed by atoms with Gasteiger partial charge in [-0.2, -0.15) is 0 Å². The van der Waals surface area contributed by atoms with E-state index in [9.17, 15) is 14.2 Å². The second-order valence-corrected chi connectivity index (χ2v) is 19.5. The maximum atomic E-state index is 13.7. The number of rotatable bonds is 17. The molecule has 2 atom stereocenters. The molecule has 0 aliphatic carbocycles. The number of para-hydroxylation sites is 1. The molecule has 3 rings (SSSR count).